The summed E-state index contributed by atoms with van der Waals surface area (Å²) in [6.45, 7) is 6.93. The maximum Gasteiger partial charge on any atom is 0.428 e. The van der Waals surface area contributed by atoms with Crippen LogP contribution in [-0.2, 0) is 19.7 Å². The Balaban J connectivity index is 2.68. The normalized spacial score (nSPS) is 21.0. The molecule has 0 fully saturated rings. The van der Waals surface area contributed by atoms with Gasteiger partial charge in [-0.05, 0) is 59.7 Å². The fourth-order valence-corrected chi connectivity index (χ4v) is 3.08. The highest BCUT2D eigenvalue weighted by Crippen LogP contribution is 2.39. The molecule has 1 aromatic carbocycles. The van der Waals surface area contributed by atoms with Gasteiger partial charge in [0.2, 0.25) is 0 Å². The molecular weight excluding hydrogens is 443 g/mol. The Bertz CT molecular complexity index is 899. The summed E-state index contributed by atoms with van der Waals surface area (Å²) < 4.78 is 58.8. The second-order valence-corrected chi connectivity index (χ2v) is 9.69. The smallest absolute Gasteiger partial charge is 0.428 e. The van der Waals surface area contributed by atoms with Crippen LogP contribution in [0, 0.1) is 5.82 Å². The standard InChI is InChI=1S/C22H30F3N3O5/c1-20(2,3)32-18(29)28(19(30)33-21(4,5)6)17-27-22(12-24,10-14(11-23)31-17)15-9-13(26)7-8-16(15)25/h7-9,14H,10-12,26H2,1-6H3/t14-,22+/m0/s1. The van der Waals surface area contributed by atoms with E-state index < -0.39 is 66.6 Å². The van der Waals surface area contributed by atoms with Crippen LogP contribution in [0.5, 0.6) is 0 Å². The molecule has 2 amide bonds. The van der Waals surface area contributed by atoms with E-state index in [-0.39, 0.29) is 11.3 Å². The summed E-state index contributed by atoms with van der Waals surface area (Å²) in [7, 11) is 0. The summed E-state index contributed by atoms with van der Waals surface area (Å²) >= 11 is 0. The minimum absolute atomic E-state index is 0.121. The van der Waals surface area contributed by atoms with Crippen LogP contribution in [0.15, 0.2) is 23.2 Å². The predicted molar refractivity (Wildman–Crippen MR) is 116 cm³/mol. The molecule has 2 N–H and O–H groups in total. The highest BCUT2D eigenvalue weighted by atomic mass is 19.1. The van der Waals surface area contributed by atoms with Crippen LogP contribution in [0.1, 0.15) is 53.5 Å². The summed E-state index contributed by atoms with van der Waals surface area (Å²) in [5, 5.41) is 0. The van der Waals surface area contributed by atoms with Gasteiger partial charge in [0, 0.05) is 17.7 Å². The van der Waals surface area contributed by atoms with Crippen molar-refractivity contribution in [1.29, 1.82) is 0 Å². The van der Waals surface area contributed by atoms with Crippen LogP contribution in [0.25, 0.3) is 0 Å². The molecule has 1 aliphatic heterocycles. The molecule has 0 unspecified atom stereocenters. The highest BCUT2D eigenvalue weighted by Gasteiger charge is 2.47. The van der Waals surface area contributed by atoms with E-state index in [0.717, 1.165) is 6.07 Å². The SMILES string of the molecule is CC(C)(C)OC(=O)N(C(=O)OC(C)(C)C)C1=N[C@](CF)(c2cc(N)ccc2F)C[C@@H](CF)O1. The number of nitrogens with zero attached hydrogens (tertiary/aromatic N) is 2. The number of nitrogens with two attached hydrogens (primary N) is 1. The van der Waals surface area contributed by atoms with Crippen molar-refractivity contribution in [3.63, 3.8) is 0 Å². The molecule has 0 aromatic heterocycles. The fraction of sp³-hybridized carbons (Fsp3) is 0.591. The number of rotatable bonds is 3. The molecular formula is C22H30F3N3O5. The number of imide groups is 1. The molecule has 0 saturated heterocycles. The lowest BCUT2D eigenvalue weighted by Crippen LogP contribution is -2.52. The van der Waals surface area contributed by atoms with Gasteiger partial charge in [0.05, 0.1) is 0 Å². The fourth-order valence-electron chi connectivity index (χ4n) is 3.08. The average Bonchev–Trinajstić information content (AvgIpc) is 2.66. The van der Waals surface area contributed by atoms with Crippen molar-refractivity contribution in [3.8, 4) is 0 Å². The molecule has 0 aliphatic carbocycles. The lowest BCUT2D eigenvalue weighted by molar-refractivity contribution is 0.000716. The van der Waals surface area contributed by atoms with E-state index in [9.17, 15) is 22.8 Å². The van der Waals surface area contributed by atoms with Crippen molar-refractivity contribution in [2.45, 2.75) is 70.8 Å². The molecule has 0 spiro atoms. The van der Waals surface area contributed by atoms with E-state index in [2.05, 4.69) is 4.99 Å². The Morgan fingerprint density at radius 1 is 1.15 bits per heavy atom. The van der Waals surface area contributed by atoms with Crippen LogP contribution in [-0.4, -0.2) is 53.8 Å². The summed E-state index contributed by atoms with van der Waals surface area (Å²) in [5.74, 6) is -0.842. The third kappa shape index (κ3) is 6.52. The number of benzene rings is 1. The zero-order valence-corrected chi connectivity index (χ0v) is 19.6. The summed E-state index contributed by atoms with van der Waals surface area (Å²) in [5.41, 5.74) is 1.51. The van der Waals surface area contributed by atoms with E-state index in [0.29, 0.717) is 4.90 Å². The first kappa shape index (κ1) is 26.3. The van der Waals surface area contributed by atoms with Crippen LogP contribution in [0.4, 0.5) is 28.4 Å². The molecule has 0 bridgehead atoms. The van der Waals surface area contributed by atoms with Crippen LogP contribution < -0.4 is 5.73 Å². The van der Waals surface area contributed by atoms with Crippen molar-refractivity contribution in [3.05, 3.63) is 29.6 Å². The van der Waals surface area contributed by atoms with Gasteiger partial charge in [0.15, 0.2) is 0 Å². The molecule has 2 atom stereocenters. The molecule has 1 aliphatic rings. The minimum Gasteiger partial charge on any atom is -0.458 e. The Kier molecular flexibility index (Phi) is 7.55. The first-order valence-corrected chi connectivity index (χ1v) is 10.3. The number of anilines is 1. The van der Waals surface area contributed by atoms with Crippen molar-refractivity contribution in [1.82, 2.24) is 4.90 Å². The molecule has 8 nitrogen and oxygen atoms in total. The molecule has 1 heterocycles. The zero-order valence-electron chi connectivity index (χ0n) is 19.6. The number of carbonyl (C=O) groups excluding carboxylic acids is 2. The molecule has 2 rings (SSSR count). The number of ether oxygens (including phenoxy) is 3. The number of amides is 2. The van der Waals surface area contributed by atoms with Gasteiger partial charge >= 0.3 is 18.2 Å². The number of carbonyl (C=O) groups is 2. The van der Waals surface area contributed by atoms with Gasteiger partial charge in [-0.2, -0.15) is 0 Å². The van der Waals surface area contributed by atoms with Gasteiger partial charge < -0.3 is 19.9 Å². The largest absolute Gasteiger partial charge is 0.458 e. The van der Waals surface area contributed by atoms with Gasteiger partial charge in [0.1, 0.15) is 42.0 Å². The number of aliphatic imine (C=N–C) groups is 1. The Morgan fingerprint density at radius 2 is 1.70 bits per heavy atom. The zero-order chi connectivity index (χ0) is 25.2. The van der Waals surface area contributed by atoms with Gasteiger partial charge in [-0.1, -0.05) is 0 Å². The lowest BCUT2D eigenvalue weighted by atomic mass is 9.85. The van der Waals surface area contributed by atoms with Crippen molar-refractivity contribution in [2.75, 3.05) is 19.1 Å². The Hall–Kier alpha value is -2.98. The first-order chi connectivity index (χ1) is 15.1. The van der Waals surface area contributed by atoms with E-state index in [1.807, 2.05) is 0 Å². The number of hydrogen-bond donors (Lipinski definition) is 1. The van der Waals surface area contributed by atoms with Gasteiger partial charge in [-0.15, -0.1) is 4.90 Å². The molecule has 1 aromatic rings. The Morgan fingerprint density at radius 3 is 2.15 bits per heavy atom. The summed E-state index contributed by atoms with van der Waals surface area (Å²) in [6, 6.07) is 2.69. The third-order valence-corrected chi connectivity index (χ3v) is 4.38. The van der Waals surface area contributed by atoms with Gasteiger partial charge in [-0.25, -0.2) is 27.8 Å². The molecule has 0 saturated carbocycles. The van der Waals surface area contributed by atoms with Crippen molar-refractivity contribution in [2.24, 2.45) is 4.99 Å². The second-order valence-electron chi connectivity index (χ2n) is 9.69. The van der Waals surface area contributed by atoms with Gasteiger partial charge in [0.25, 0.3) is 0 Å². The number of halogens is 3. The molecule has 11 heteroatoms. The van der Waals surface area contributed by atoms with Crippen molar-refractivity contribution >= 4 is 23.9 Å². The van der Waals surface area contributed by atoms with Gasteiger partial charge in [-0.3, -0.25) is 0 Å². The van der Waals surface area contributed by atoms with E-state index in [4.69, 9.17) is 19.9 Å². The minimum atomic E-state index is -2.01. The van der Waals surface area contributed by atoms with E-state index in [1.54, 1.807) is 41.5 Å². The van der Waals surface area contributed by atoms with Crippen LogP contribution in [0.3, 0.4) is 0 Å². The summed E-state index contributed by atoms with van der Waals surface area (Å²) in [4.78, 5) is 30.2. The first-order valence-electron chi connectivity index (χ1n) is 10.3. The number of hydrogen-bond acceptors (Lipinski definition) is 7. The lowest BCUT2D eigenvalue weighted by Gasteiger charge is -2.38. The number of alkyl halides is 2. The third-order valence-electron chi connectivity index (χ3n) is 4.38. The van der Waals surface area contributed by atoms with Crippen LogP contribution in [0.2, 0.25) is 0 Å². The molecule has 0 radical (unpaired) electrons. The van der Waals surface area contributed by atoms with Crippen LogP contribution >= 0.6 is 0 Å². The topological polar surface area (TPSA) is 103 Å². The predicted octanol–water partition coefficient (Wildman–Crippen LogP) is 4.86. The maximum absolute atomic E-state index is 14.7. The van der Waals surface area contributed by atoms with Crippen molar-refractivity contribution < 1.29 is 37.0 Å². The monoisotopic (exact) mass is 473 g/mol. The second kappa shape index (κ2) is 9.48. The maximum atomic E-state index is 14.7. The highest BCUT2D eigenvalue weighted by molar-refractivity contribution is 6.06. The number of amidine groups is 1. The average molecular weight is 473 g/mol. The molecule has 184 valence electrons. The summed E-state index contributed by atoms with van der Waals surface area (Å²) in [6.07, 6.45) is -4.23. The quantitative estimate of drug-likeness (QED) is 0.629. The van der Waals surface area contributed by atoms with E-state index >= 15 is 0 Å². The number of nitrogen functional groups attached to an aromatic ring is 1. The molecule has 33 heavy (non-hydrogen) atoms. The Labute approximate surface area is 190 Å². The van der Waals surface area contributed by atoms with E-state index in [1.165, 1.54) is 12.1 Å².